The van der Waals surface area contributed by atoms with Crippen molar-refractivity contribution in [2.24, 2.45) is 0 Å². The highest BCUT2D eigenvalue weighted by Crippen LogP contribution is 2.17. The highest BCUT2D eigenvalue weighted by atomic mass is 16.3. The van der Waals surface area contributed by atoms with E-state index in [9.17, 15) is 5.11 Å². The number of hydrogen-bond acceptors (Lipinski definition) is 3. The lowest BCUT2D eigenvalue weighted by molar-refractivity contribution is 0.132. The van der Waals surface area contributed by atoms with Crippen LogP contribution in [0.25, 0.3) is 5.69 Å². The van der Waals surface area contributed by atoms with Crippen LogP contribution >= 0.6 is 0 Å². The minimum Gasteiger partial charge on any atom is -0.385 e. The second-order valence-electron chi connectivity index (χ2n) is 4.28. The monoisotopic (exact) mass is 231 g/mol. The van der Waals surface area contributed by atoms with Crippen LogP contribution in [-0.4, -0.2) is 40.4 Å². The fourth-order valence-corrected chi connectivity index (χ4v) is 1.79. The summed E-state index contributed by atoms with van der Waals surface area (Å²) >= 11 is 0. The Hall–Kier alpha value is -1.65. The van der Waals surface area contributed by atoms with Gasteiger partial charge in [0.25, 0.3) is 0 Å². The maximum atomic E-state index is 10.1. The SMILES string of the molecule is CN(C)CC(O)c1ccnn1-c1ccccc1. The Labute approximate surface area is 101 Å². The van der Waals surface area contributed by atoms with E-state index in [4.69, 9.17) is 0 Å². The zero-order valence-corrected chi connectivity index (χ0v) is 10.1. The van der Waals surface area contributed by atoms with Gasteiger partial charge in [-0.15, -0.1) is 0 Å². The van der Waals surface area contributed by atoms with Crippen molar-refractivity contribution in [2.75, 3.05) is 20.6 Å². The van der Waals surface area contributed by atoms with Crippen LogP contribution in [-0.2, 0) is 0 Å². The zero-order valence-electron chi connectivity index (χ0n) is 10.1. The zero-order chi connectivity index (χ0) is 12.3. The van der Waals surface area contributed by atoms with Crippen LogP contribution in [0, 0.1) is 0 Å². The number of nitrogens with zero attached hydrogens (tertiary/aromatic N) is 3. The van der Waals surface area contributed by atoms with Gasteiger partial charge < -0.3 is 10.0 Å². The highest BCUT2D eigenvalue weighted by molar-refractivity contribution is 5.32. The fraction of sp³-hybridized carbons (Fsp3) is 0.308. The molecular formula is C13H17N3O. The van der Waals surface area contributed by atoms with E-state index in [0.29, 0.717) is 6.54 Å². The molecule has 1 heterocycles. The summed E-state index contributed by atoms with van der Waals surface area (Å²) in [6.07, 6.45) is 1.18. The quantitative estimate of drug-likeness (QED) is 0.866. The molecule has 0 radical (unpaired) electrons. The molecule has 0 fully saturated rings. The van der Waals surface area contributed by atoms with Crippen LogP contribution in [0.2, 0.25) is 0 Å². The van der Waals surface area contributed by atoms with Gasteiger partial charge in [0.2, 0.25) is 0 Å². The van der Waals surface area contributed by atoms with E-state index in [-0.39, 0.29) is 0 Å². The minimum absolute atomic E-state index is 0.535. The van der Waals surface area contributed by atoms with Gasteiger partial charge in [-0.05, 0) is 32.3 Å². The van der Waals surface area contributed by atoms with Crippen molar-refractivity contribution in [2.45, 2.75) is 6.10 Å². The first-order chi connectivity index (χ1) is 8.18. The van der Waals surface area contributed by atoms with Gasteiger partial charge in [0.15, 0.2) is 0 Å². The van der Waals surface area contributed by atoms with Gasteiger partial charge >= 0.3 is 0 Å². The molecule has 1 aromatic carbocycles. The van der Waals surface area contributed by atoms with Crippen LogP contribution in [0.5, 0.6) is 0 Å². The van der Waals surface area contributed by atoms with Gasteiger partial charge in [-0.1, -0.05) is 18.2 Å². The van der Waals surface area contributed by atoms with E-state index >= 15 is 0 Å². The van der Waals surface area contributed by atoms with Crippen LogP contribution in [0.1, 0.15) is 11.8 Å². The Morgan fingerprint density at radius 1 is 1.24 bits per heavy atom. The molecule has 1 aromatic heterocycles. The van der Waals surface area contributed by atoms with Crippen LogP contribution in [0.15, 0.2) is 42.6 Å². The second-order valence-corrected chi connectivity index (χ2v) is 4.28. The molecular weight excluding hydrogens is 214 g/mol. The number of rotatable bonds is 4. The van der Waals surface area contributed by atoms with Gasteiger partial charge in [-0.25, -0.2) is 4.68 Å². The minimum atomic E-state index is -0.535. The molecule has 1 N–H and O–H groups in total. The van der Waals surface area contributed by atoms with Crippen molar-refractivity contribution in [1.82, 2.24) is 14.7 Å². The standard InChI is InChI=1S/C13H17N3O/c1-15(2)10-13(17)12-8-9-14-16(12)11-6-4-3-5-7-11/h3-9,13,17H,10H2,1-2H3. The summed E-state index contributed by atoms with van der Waals surface area (Å²) in [6.45, 7) is 0.582. The van der Waals surface area contributed by atoms with Crippen molar-refractivity contribution in [3.63, 3.8) is 0 Å². The number of aliphatic hydroxyl groups is 1. The molecule has 4 heteroatoms. The Morgan fingerprint density at radius 3 is 2.59 bits per heavy atom. The van der Waals surface area contributed by atoms with Gasteiger partial charge in [0.1, 0.15) is 6.10 Å². The van der Waals surface area contributed by atoms with Crippen molar-refractivity contribution in [3.8, 4) is 5.69 Å². The van der Waals surface area contributed by atoms with E-state index < -0.39 is 6.10 Å². The lowest BCUT2D eigenvalue weighted by atomic mass is 10.2. The molecule has 90 valence electrons. The molecule has 1 atom stereocenters. The molecule has 2 aromatic rings. The third-order valence-corrected chi connectivity index (χ3v) is 2.55. The van der Waals surface area contributed by atoms with E-state index in [0.717, 1.165) is 11.4 Å². The molecule has 17 heavy (non-hydrogen) atoms. The van der Waals surface area contributed by atoms with Crippen molar-refractivity contribution in [1.29, 1.82) is 0 Å². The summed E-state index contributed by atoms with van der Waals surface area (Å²) in [7, 11) is 3.87. The lowest BCUT2D eigenvalue weighted by Crippen LogP contribution is -2.22. The maximum absolute atomic E-state index is 10.1. The molecule has 0 aliphatic heterocycles. The Kier molecular flexibility index (Phi) is 3.56. The van der Waals surface area contributed by atoms with Crippen molar-refractivity contribution < 1.29 is 5.11 Å². The molecule has 0 amide bonds. The van der Waals surface area contributed by atoms with Crippen LogP contribution in [0.3, 0.4) is 0 Å². The molecule has 0 aliphatic carbocycles. The van der Waals surface area contributed by atoms with Gasteiger partial charge in [-0.3, -0.25) is 0 Å². The van der Waals surface area contributed by atoms with Crippen LogP contribution in [0.4, 0.5) is 0 Å². The predicted octanol–water partition coefficient (Wildman–Crippen LogP) is 1.47. The highest BCUT2D eigenvalue weighted by Gasteiger charge is 2.14. The molecule has 0 spiro atoms. The number of benzene rings is 1. The summed E-state index contributed by atoms with van der Waals surface area (Å²) in [5.41, 5.74) is 1.77. The molecule has 1 unspecified atom stereocenters. The summed E-state index contributed by atoms with van der Waals surface area (Å²) in [4.78, 5) is 1.95. The van der Waals surface area contributed by atoms with E-state index in [2.05, 4.69) is 5.10 Å². The average Bonchev–Trinajstić information content (AvgIpc) is 2.78. The normalized spacial score (nSPS) is 12.9. The Balaban J connectivity index is 2.29. The summed E-state index contributed by atoms with van der Waals surface area (Å²) < 4.78 is 1.77. The van der Waals surface area contributed by atoms with E-state index in [1.165, 1.54) is 0 Å². The number of hydrogen-bond donors (Lipinski definition) is 1. The third-order valence-electron chi connectivity index (χ3n) is 2.55. The van der Waals surface area contributed by atoms with Gasteiger partial charge in [-0.2, -0.15) is 5.10 Å². The first-order valence-corrected chi connectivity index (χ1v) is 5.60. The summed E-state index contributed by atoms with van der Waals surface area (Å²) in [6, 6.07) is 11.7. The molecule has 0 saturated heterocycles. The smallest absolute Gasteiger partial charge is 0.109 e. The predicted molar refractivity (Wildman–Crippen MR) is 67.1 cm³/mol. The first-order valence-electron chi connectivity index (χ1n) is 5.60. The van der Waals surface area contributed by atoms with Gasteiger partial charge in [0.05, 0.1) is 11.4 Å². The van der Waals surface area contributed by atoms with Crippen molar-refractivity contribution in [3.05, 3.63) is 48.3 Å². The number of aromatic nitrogens is 2. The fourth-order valence-electron chi connectivity index (χ4n) is 1.79. The molecule has 2 rings (SSSR count). The first kappa shape index (κ1) is 11.8. The molecule has 4 nitrogen and oxygen atoms in total. The van der Waals surface area contributed by atoms with Crippen LogP contribution < -0.4 is 0 Å². The largest absolute Gasteiger partial charge is 0.385 e. The lowest BCUT2D eigenvalue weighted by Gasteiger charge is -2.17. The molecule has 0 aliphatic rings. The van der Waals surface area contributed by atoms with Gasteiger partial charge in [0, 0.05) is 12.7 Å². The summed E-state index contributed by atoms with van der Waals surface area (Å²) in [5.74, 6) is 0. The molecule has 0 saturated carbocycles. The van der Waals surface area contributed by atoms with E-state index in [1.54, 1.807) is 10.9 Å². The maximum Gasteiger partial charge on any atom is 0.109 e. The second kappa shape index (κ2) is 5.12. The third kappa shape index (κ3) is 2.72. The molecule has 0 bridgehead atoms. The Morgan fingerprint density at radius 2 is 1.94 bits per heavy atom. The van der Waals surface area contributed by atoms with Crippen molar-refractivity contribution >= 4 is 0 Å². The average molecular weight is 231 g/mol. The number of para-hydroxylation sites is 1. The number of likely N-dealkylation sites (N-methyl/N-ethyl adjacent to an activating group) is 1. The summed E-state index contributed by atoms with van der Waals surface area (Å²) in [5, 5.41) is 14.4. The van der Waals surface area contributed by atoms with E-state index in [1.807, 2.05) is 55.4 Å². The topological polar surface area (TPSA) is 41.3 Å². The number of aliphatic hydroxyl groups excluding tert-OH is 1. The Bertz CT molecular complexity index is 465.